The van der Waals surface area contributed by atoms with Gasteiger partial charge in [0.15, 0.2) is 0 Å². The lowest BCUT2D eigenvalue weighted by molar-refractivity contribution is -0.121. The van der Waals surface area contributed by atoms with Gasteiger partial charge >= 0.3 is 0 Å². The fourth-order valence-corrected chi connectivity index (χ4v) is 2.53. The molecule has 1 aliphatic heterocycles. The van der Waals surface area contributed by atoms with Gasteiger partial charge in [0.2, 0.25) is 5.91 Å². The van der Waals surface area contributed by atoms with Gasteiger partial charge < -0.3 is 16.0 Å². The summed E-state index contributed by atoms with van der Waals surface area (Å²) in [6.45, 7) is 7.37. The smallest absolute Gasteiger partial charge is 0.221 e. The number of nitrogens with zero attached hydrogens (tertiary/aromatic N) is 2. The maximum absolute atomic E-state index is 11.5. The molecule has 5 nitrogen and oxygen atoms in total. The van der Waals surface area contributed by atoms with Crippen molar-refractivity contribution in [1.82, 2.24) is 10.2 Å². The number of piperazine rings is 1. The van der Waals surface area contributed by atoms with Crippen molar-refractivity contribution in [2.75, 3.05) is 49.9 Å². The molecule has 0 spiro atoms. The molecule has 1 aliphatic rings. The van der Waals surface area contributed by atoms with Crippen LogP contribution in [0.15, 0.2) is 24.3 Å². The Morgan fingerprint density at radius 1 is 1.25 bits per heavy atom. The summed E-state index contributed by atoms with van der Waals surface area (Å²) in [5.41, 5.74) is 7.97. The summed E-state index contributed by atoms with van der Waals surface area (Å²) >= 11 is 0. The number of anilines is 2. The maximum Gasteiger partial charge on any atom is 0.221 e. The molecule has 1 fully saturated rings. The summed E-state index contributed by atoms with van der Waals surface area (Å²) in [7, 11) is 0. The minimum absolute atomic E-state index is 0.141. The molecule has 1 aromatic carbocycles. The first kappa shape index (κ1) is 14.7. The standard InChI is InChI=1S/C15H24N4O/c1-2-17-15(20)7-8-18-9-11-19(12-10-18)14-6-4-3-5-13(14)16/h3-6H,2,7-12,16H2,1H3,(H,17,20). The van der Waals surface area contributed by atoms with Gasteiger partial charge in [-0.05, 0) is 19.1 Å². The Bertz CT molecular complexity index is 441. The number of hydrogen-bond acceptors (Lipinski definition) is 4. The van der Waals surface area contributed by atoms with Crippen LogP contribution >= 0.6 is 0 Å². The van der Waals surface area contributed by atoms with Crippen LogP contribution in [-0.4, -0.2) is 50.1 Å². The highest BCUT2D eigenvalue weighted by Crippen LogP contribution is 2.23. The number of hydrogen-bond donors (Lipinski definition) is 2. The van der Waals surface area contributed by atoms with Crippen molar-refractivity contribution in [2.24, 2.45) is 0 Å². The Morgan fingerprint density at radius 2 is 1.95 bits per heavy atom. The zero-order chi connectivity index (χ0) is 14.4. The van der Waals surface area contributed by atoms with Crippen molar-refractivity contribution in [3.05, 3.63) is 24.3 Å². The number of para-hydroxylation sites is 2. The van der Waals surface area contributed by atoms with E-state index in [1.54, 1.807) is 0 Å². The first-order valence-corrected chi connectivity index (χ1v) is 7.29. The van der Waals surface area contributed by atoms with Crippen LogP contribution in [0.1, 0.15) is 13.3 Å². The topological polar surface area (TPSA) is 61.6 Å². The number of carbonyl (C=O) groups is 1. The van der Waals surface area contributed by atoms with Crippen LogP contribution in [0, 0.1) is 0 Å². The molecule has 0 saturated carbocycles. The molecule has 0 aromatic heterocycles. The van der Waals surface area contributed by atoms with E-state index in [1.165, 1.54) is 0 Å². The quantitative estimate of drug-likeness (QED) is 0.785. The van der Waals surface area contributed by atoms with Gasteiger partial charge in [-0.1, -0.05) is 12.1 Å². The second kappa shape index (κ2) is 7.14. The summed E-state index contributed by atoms with van der Waals surface area (Å²) in [6.07, 6.45) is 0.585. The molecule has 0 aliphatic carbocycles. The van der Waals surface area contributed by atoms with Gasteiger partial charge in [-0.15, -0.1) is 0 Å². The van der Waals surface area contributed by atoms with Gasteiger partial charge in [-0.25, -0.2) is 0 Å². The van der Waals surface area contributed by atoms with Crippen molar-refractivity contribution < 1.29 is 4.79 Å². The van der Waals surface area contributed by atoms with Crippen molar-refractivity contribution in [3.8, 4) is 0 Å². The number of rotatable bonds is 5. The third-order valence-corrected chi connectivity index (χ3v) is 3.68. The van der Waals surface area contributed by atoms with E-state index in [2.05, 4.69) is 21.2 Å². The number of amides is 1. The second-order valence-corrected chi connectivity index (χ2v) is 5.09. The van der Waals surface area contributed by atoms with Crippen LogP contribution in [0.2, 0.25) is 0 Å². The summed E-state index contributed by atoms with van der Waals surface area (Å²) in [5, 5.41) is 2.83. The monoisotopic (exact) mass is 276 g/mol. The molecule has 110 valence electrons. The molecule has 3 N–H and O–H groups in total. The molecule has 1 aromatic rings. The third-order valence-electron chi connectivity index (χ3n) is 3.68. The molecule has 0 unspecified atom stereocenters. The number of nitrogen functional groups attached to an aromatic ring is 1. The largest absolute Gasteiger partial charge is 0.397 e. The van der Waals surface area contributed by atoms with Crippen molar-refractivity contribution in [2.45, 2.75) is 13.3 Å². The molecule has 0 atom stereocenters. The van der Waals surface area contributed by atoms with Gasteiger partial charge in [-0.3, -0.25) is 9.69 Å². The number of nitrogens with one attached hydrogen (secondary N) is 1. The molecule has 0 radical (unpaired) electrons. The van der Waals surface area contributed by atoms with E-state index in [1.807, 2.05) is 25.1 Å². The normalized spacial score (nSPS) is 16.1. The summed E-state index contributed by atoms with van der Waals surface area (Å²) < 4.78 is 0. The lowest BCUT2D eigenvalue weighted by atomic mass is 10.2. The van der Waals surface area contributed by atoms with Crippen LogP contribution in [-0.2, 0) is 4.79 Å². The lowest BCUT2D eigenvalue weighted by Crippen LogP contribution is -2.47. The molecule has 1 amide bonds. The Kier molecular flexibility index (Phi) is 5.24. The van der Waals surface area contributed by atoms with E-state index in [0.717, 1.165) is 44.1 Å². The molecule has 20 heavy (non-hydrogen) atoms. The number of carbonyl (C=O) groups excluding carboxylic acids is 1. The highest BCUT2D eigenvalue weighted by Gasteiger charge is 2.18. The SMILES string of the molecule is CCNC(=O)CCN1CCN(c2ccccc2N)CC1. The Labute approximate surface area is 120 Å². The Balaban J connectivity index is 1.78. The molecule has 1 saturated heterocycles. The summed E-state index contributed by atoms with van der Waals surface area (Å²) in [4.78, 5) is 16.1. The molecular weight excluding hydrogens is 252 g/mol. The van der Waals surface area contributed by atoms with E-state index >= 15 is 0 Å². The van der Waals surface area contributed by atoms with Crippen LogP contribution < -0.4 is 16.0 Å². The highest BCUT2D eigenvalue weighted by atomic mass is 16.1. The molecule has 5 heteroatoms. The minimum atomic E-state index is 0.141. The van der Waals surface area contributed by atoms with Gasteiger partial charge in [-0.2, -0.15) is 0 Å². The van der Waals surface area contributed by atoms with Gasteiger partial charge in [0.05, 0.1) is 11.4 Å². The van der Waals surface area contributed by atoms with E-state index < -0.39 is 0 Å². The highest BCUT2D eigenvalue weighted by molar-refractivity contribution is 5.76. The molecule has 0 bridgehead atoms. The number of benzene rings is 1. The van der Waals surface area contributed by atoms with Crippen LogP contribution in [0.25, 0.3) is 0 Å². The first-order chi connectivity index (χ1) is 9.70. The van der Waals surface area contributed by atoms with E-state index in [9.17, 15) is 4.79 Å². The zero-order valence-corrected chi connectivity index (χ0v) is 12.1. The van der Waals surface area contributed by atoms with Gasteiger partial charge in [0.25, 0.3) is 0 Å². The zero-order valence-electron chi connectivity index (χ0n) is 12.1. The Hall–Kier alpha value is -1.75. The van der Waals surface area contributed by atoms with Crippen molar-refractivity contribution in [1.29, 1.82) is 0 Å². The molecular formula is C15H24N4O. The van der Waals surface area contributed by atoms with E-state index in [-0.39, 0.29) is 5.91 Å². The predicted molar refractivity (Wildman–Crippen MR) is 82.8 cm³/mol. The van der Waals surface area contributed by atoms with Crippen LogP contribution in [0.4, 0.5) is 11.4 Å². The van der Waals surface area contributed by atoms with E-state index in [0.29, 0.717) is 13.0 Å². The average Bonchev–Trinajstić information content (AvgIpc) is 2.47. The van der Waals surface area contributed by atoms with Crippen LogP contribution in [0.3, 0.4) is 0 Å². The second-order valence-electron chi connectivity index (χ2n) is 5.09. The van der Waals surface area contributed by atoms with Gasteiger partial charge in [0, 0.05) is 45.7 Å². The molecule has 2 rings (SSSR count). The third kappa shape index (κ3) is 3.87. The van der Waals surface area contributed by atoms with Crippen molar-refractivity contribution in [3.63, 3.8) is 0 Å². The fourth-order valence-electron chi connectivity index (χ4n) is 2.53. The first-order valence-electron chi connectivity index (χ1n) is 7.29. The van der Waals surface area contributed by atoms with Crippen molar-refractivity contribution >= 4 is 17.3 Å². The van der Waals surface area contributed by atoms with Crippen LogP contribution in [0.5, 0.6) is 0 Å². The number of nitrogens with two attached hydrogens (primary N) is 1. The van der Waals surface area contributed by atoms with Gasteiger partial charge in [0.1, 0.15) is 0 Å². The maximum atomic E-state index is 11.5. The molecule has 1 heterocycles. The summed E-state index contributed by atoms with van der Waals surface area (Å²) in [5.74, 6) is 0.141. The Morgan fingerprint density at radius 3 is 2.60 bits per heavy atom. The fraction of sp³-hybridized carbons (Fsp3) is 0.533. The lowest BCUT2D eigenvalue weighted by Gasteiger charge is -2.36. The average molecular weight is 276 g/mol. The minimum Gasteiger partial charge on any atom is -0.397 e. The summed E-state index contributed by atoms with van der Waals surface area (Å²) in [6, 6.07) is 7.99. The van der Waals surface area contributed by atoms with E-state index in [4.69, 9.17) is 5.73 Å². The predicted octanol–water partition coefficient (Wildman–Crippen LogP) is 0.917.